The fourth-order valence-corrected chi connectivity index (χ4v) is 2.07. The minimum absolute atomic E-state index is 0.832. The highest BCUT2D eigenvalue weighted by Gasteiger charge is 2.04. The average Bonchev–Trinajstić information content (AvgIpc) is 2.24. The van der Waals surface area contributed by atoms with Gasteiger partial charge in [0.05, 0.1) is 0 Å². The fourth-order valence-electron chi connectivity index (χ4n) is 1.48. The first-order valence-corrected chi connectivity index (χ1v) is 6.63. The van der Waals surface area contributed by atoms with Gasteiger partial charge in [0.25, 0.3) is 0 Å². The Morgan fingerprint density at radius 1 is 1.44 bits per heavy atom. The molecule has 1 rings (SSSR count). The van der Waals surface area contributed by atoms with Crippen molar-refractivity contribution in [3.05, 3.63) is 33.3 Å². The third-order valence-electron chi connectivity index (χ3n) is 2.37. The van der Waals surface area contributed by atoms with Crippen molar-refractivity contribution in [1.82, 2.24) is 10.2 Å². The summed E-state index contributed by atoms with van der Waals surface area (Å²) < 4.78 is 1.08. The van der Waals surface area contributed by atoms with E-state index in [-0.39, 0.29) is 0 Å². The molecule has 0 radical (unpaired) electrons. The molecule has 4 heteroatoms. The number of hydrogen-bond acceptors (Lipinski definition) is 2. The van der Waals surface area contributed by atoms with Crippen molar-refractivity contribution < 1.29 is 0 Å². The van der Waals surface area contributed by atoms with Crippen LogP contribution in [0, 0.1) is 0 Å². The zero-order chi connectivity index (χ0) is 12.0. The van der Waals surface area contributed by atoms with E-state index in [9.17, 15) is 0 Å². The highest BCUT2D eigenvalue weighted by atomic mass is 79.9. The molecule has 0 aliphatic heterocycles. The van der Waals surface area contributed by atoms with E-state index in [2.05, 4.69) is 46.2 Å². The van der Waals surface area contributed by atoms with Crippen LogP contribution in [0.1, 0.15) is 12.5 Å². The van der Waals surface area contributed by atoms with E-state index in [1.165, 1.54) is 0 Å². The van der Waals surface area contributed by atoms with Crippen LogP contribution in [0.25, 0.3) is 0 Å². The summed E-state index contributed by atoms with van der Waals surface area (Å²) in [6.45, 7) is 6.05. The molecule has 16 heavy (non-hydrogen) atoms. The summed E-state index contributed by atoms with van der Waals surface area (Å²) in [4.78, 5) is 2.26. The highest BCUT2D eigenvalue weighted by molar-refractivity contribution is 9.10. The molecule has 0 unspecified atom stereocenters. The molecule has 1 aromatic rings. The van der Waals surface area contributed by atoms with Gasteiger partial charge >= 0.3 is 0 Å². The molecular formula is C12H18BrClN2. The van der Waals surface area contributed by atoms with Crippen molar-refractivity contribution in [3.63, 3.8) is 0 Å². The number of rotatable bonds is 6. The van der Waals surface area contributed by atoms with Gasteiger partial charge in [0.1, 0.15) is 0 Å². The molecule has 0 amide bonds. The minimum atomic E-state index is 0.832. The molecule has 0 bridgehead atoms. The Morgan fingerprint density at radius 2 is 2.19 bits per heavy atom. The first-order valence-electron chi connectivity index (χ1n) is 5.46. The Kier molecular flexibility index (Phi) is 6.36. The summed E-state index contributed by atoms with van der Waals surface area (Å²) >= 11 is 9.60. The Hall–Kier alpha value is -0.0900. The van der Waals surface area contributed by atoms with Gasteiger partial charge in [-0.1, -0.05) is 34.5 Å². The Labute approximate surface area is 111 Å². The van der Waals surface area contributed by atoms with Gasteiger partial charge in [-0.05, 0) is 37.4 Å². The topological polar surface area (TPSA) is 15.3 Å². The number of hydrogen-bond donors (Lipinski definition) is 1. The predicted molar refractivity (Wildman–Crippen MR) is 74.0 cm³/mol. The largest absolute Gasteiger partial charge is 0.316 e. The first kappa shape index (κ1) is 14.0. The molecule has 0 saturated carbocycles. The first-order chi connectivity index (χ1) is 7.63. The van der Waals surface area contributed by atoms with Crippen LogP contribution in [0.2, 0.25) is 5.02 Å². The molecule has 0 aliphatic carbocycles. The van der Waals surface area contributed by atoms with Crippen molar-refractivity contribution >= 4 is 27.5 Å². The van der Waals surface area contributed by atoms with Crippen LogP contribution in [-0.2, 0) is 6.54 Å². The molecule has 1 N–H and O–H groups in total. The normalized spacial score (nSPS) is 11.1. The van der Waals surface area contributed by atoms with Gasteiger partial charge in [-0.25, -0.2) is 0 Å². The number of likely N-dealkylation sites (N-methyl/N-ethyl adjacent to an activating group) is 2. The quantitative estimate of drug-likeness (QED) is 0.812. The predicted octanol–water partition coefficient (Wildman–Crippen LogP) is 3.14. The van der Waals surface area contributed by atoms with Crippen molar-refractivity contribution in [2.75, 3.05) is 26.7 Å². The van der Waals surface area contributed by atoms with Gasteiger partial charge in [-0.2, -0.15) is 0 Å². The number of benzene rings is 1. The third-order valence-corrected chi connectivity index (χ3v) is 3.23. The molecule has 0 saturated heterocycles. The van der Waals surface area contributed by atoms with Gasteiger partial charge in [0.2, 0.25) is 0 Å². The highest BCUT2D eigenvalue weighted by Crippen LogP contribution is 2.21. The Morgan fingerprint density at radius 3 is 2.88 bits per heavy atom. The standard InChI is InChI=1S/C12H18BrClN2/c1-3-15-6-7-16(2)9-10-8-11(13)4-5-12(10)14/h4-5,8,15H,3,6-7,9H2,1-2H3. The molecular weight excluding hydrogens is 288 g/mol. The van der Waals surface area contributed by atoms with E-state index in [0.717, 1.165) is 41.2 Å². The van der Waals surface area contributed by atoms with Crippen LogP contribution in [0.3, 0.4) is 0 Å². The monoisotopic (exact) mass is 304 g/mol. The molecule has 0 fully saturated rings. The number of halogens is 2. The lowest BCUT2D eigenvalue weighted by Crippen LogP contribution is -2.28. The molecule has 0 spiro atoms. The van der Waals surface area contributed by atoms with Crippen LogP contribution in [0.15, 0.2) is 22.7 Å². The summed E-state index contributed by atoms with van der Waals surface area (Å²) in [6, 6.07) is 5.97. The van der Waals surface area contributed by atoms with E-state index in [1.807, 2.05) is 12.1 Å². The second-order valence-corrected chi connectivity index (χ2v) is 5.15. The maximum atomic E-state index is 6.14. The summed E-state index contributed by atoms with van der Waals surface area (Å²) in [5, 5.41) is 4.14. The molecule has 0 heterocycles. The van der Waals surface area contributed by atoms with Crippen LogP contribution in [0.5, 0.6) is 0 Å². The van der Waals surface area contributed by atoms with E-state index >= 15 is 0 Å². The van der Waals surface area contributed by atoms with Crippen molar-refractivity contribution in [3.8, 4) is 0 Å². The lowest BCUT2D eigenvalue weighted by Gasteiger charge is -2.17. The number of nitrogens with one attached hydrogen (secondary N) is 1. The summed E-state index contributed by atoms with van der Waals surface area (Å²) in [6.07, 6.45) is 0. The van der Waals surface area contributed by atoms with Crippen LogP contribution >= 0.6 is 27.5 Å². The molecule has 1 aromatic carbocycles. The molecule has 0 atom stereocenters. The van der Waals surface area contributed by atoms with Crippen molar-refractivity contribution in [2.45, 2.75) is 13.5 Å². The van der Waals surface area contributed by atoms with Gasteiger partial charge < -0.3 is 10.2 Å². The van der Waals surface area contributed by atoms with Gasteiger partial charge in [-0.15, -0.1) is 0 Å². The van der Waals surface area contributed by atoms with E-state index in [1.54, 1.807) is 0 Å². The van der Waals surface area contributed by atoms with E-state index in [0.29, 0.717) is 0 Å². The second-order valence-electron chi connectivity index (χ2n) is 3.83. The number of nitrogens with zero attached hydrogens (tertiary/aromatic N) is 1. The Balaban J connectivity index is 2.48. The smallest absolute Gasteiger partial charge is 0.0451 e. The lowest BCUT2D eigenvalue weighted by atomic mass is 10.2. The molecule has 0 aromatic heterocycles. The SMILES string of the molecule is CCNCCN(C)Cc1cc(Br)ccc1Cl. The minimum Gasteiger partial charge on any atom is -0.316 e. The zero-order valence-corrected chi connectivity index (χ0v) is 12.1. The third kappa shape index (κ3) is 4.83. The lowest BCUT2D eigenvalue weighted by molar-refractivity contribution is 0.325. The second kappa shape index (κ2) is 7.28. The molecule has 90 valence electrons. The van der Waals surface area contributed by atoms with E-state index in [4.69, 9.17) is 11.6 Å². The summed E-state index contributed by atoms with van der Waals surface area (Å²) in [7, 11) is 2.11. The van der Waals surface area contributed by atoms with Gasteiger partial charge in [0, 0.05) is 29.1 Å². The van der Waals surface area contributed by atoms with E-state index < -0.39 is 0 Å². The average molecular weight is 306 g/mol. The fraction of sp³-hybridized carbons (Fsp3) is 0.500. The van der Waals surface area contributed by atoms with Crippen LogP contribution in [0.4, 0.5) is 0 Å². The zero-order valence-electron chi connectivity index (χ0n) is 9.76. The van der Waals surface area contributed by atoms with Gasteiger partial charge in [0.15, 0.2) is 0 Å². The van der Waals surface area contributed by atoms with Crippen molar-refractivity contribution in [2.24, 2.45) is 0 Å². The summed E-state index contributed by atoms with van der Waals surface area (Å²) in [5.74, 6) is 0. The maximum absolute atomic E-state index is 6.14. The summed E-state index contributed by atoms with van der Waals surface area (Å²) in [5.41, 5.74) is 1.16. The van der Waals surface area contributed by atoms with Gasteiger partial charge in [-0.3, -0.25) is 0 Å². The van der Waals surface area contributed by atoms with Crippen molar-refractivity contribution in [1.29, 1.82) is 0 Å². The molecule has 0 aliphatic rings. The van der Waals surface area contributed by atoms with Crippen LogP contribution < -0.4 is 5.32 Å². The Bertz CT molecular complexity index is 331. The van der Waals surface area contributed by atoms with Crippen LogP contribution in [-0.4, -0.2) is 31.6 Å². The maximum Gasteiger partial charge on any atom is 0.0451 e. The molecule has 2 nitrogen and oxygen atoms in total.